The van der Waals surface area contributed by atoms with Crippen molar-refractivity contribution in [3.05, 3.63) is 34.0 Å². The lowest BCUT2D eigenvalue weighted by Crippen LogP contribution is -2.14. The first kappa shape index (κ1) is 20.2. The molecule has 0 aliphatic heterocycles. The number of hydrogen-bond acceptors (Lipinski definition) is 6. The van der Waals surface area contributed by atoms with Crippen LogP contribution in [0.5, 0.6) is 10.8 Å². The van der Waals surface area contributed by atoms with E-state index in [4.69, 9.17) is 21.1 Å². The van der Waals surface area contributed by atoms with E-state index in [0.717, 1.165) is 29.3 Å². The molecule has 2 aromatic rings. The van der Waals surface area contributed by atoms with Crippen molar-refractivity contribution in [2.45, 2.75) is 27.7 Å². The van der Waals surface area contributed by atoms with Crippen LogP contribution in [0, 0.1) is 13.8 Å². The van der Waals surface area contributed by atoms with E-state index >= 15 is 0 Å². The Balaban J connectivity index is 2.30. The van der Waals surface area contributed by atoms with Crippen molar-refractivity contribution in [1.29, 1.82) is 0 Å². The minimum Gasteiger partial charge on any atom is -0.462 e. The van der Waals surface area contributed by atoms with Crippen LogP contribution >= 0.6 is 23.1 Å². The predicted molar refractivity (Wildman–Crippen MR) is 106 cm³/mol. The van der Waals surface area contributed by atoms with Crippen LogP contribution in [0.4, 0.5) is 5.69 Å². The van der Waals surface area contributed by atoms with Crippen molar-refractivity contribution in [1.82, 2.24) is 9.27 Å². The zero-order valence-corrected chi connectivity index (χ0v) is 17.1. The third-order valence-corrected chi connectivity index (χ3v) is 4.77. The number of halogens is 1. The van der Waals surface area contributed by atoms with Gasteiger partial charge in [0.1, 0.15) is 11.3 Å². The molecule has 0 aliphatic rings. The number of aromatic nitrogens is 1. The molecule has 0 atom stereocenters. The highest BCUT2D eigenvalue weighted by Crippen LogP contribution is 2.38. The monoisotopic (exact) mass is 395 g/mol. The van der Waals surface area contributed by atoms with E-state index in [-0.39, 0.29) is 6.61 Å². The molecule has 2 rings (SSSR count). The second-order valence-corrected chi connectivity index (χ2v) is 6.78. The minimum absolute atomic E-state index is 0.284. The van der Waals surface area contributed by atoms with Gasteiger partial charge in [-0.3, -0.25) is 0 Å². The largest absolute Gasteiger partial charge is 0.462 e. The zero-order valence-electron chi connectivity index (χ0n) is 15.5. The fourth-order valence-electron chi connectivity index (χ4n) is 2.06. The van der Waals surface area contributed by atoms with Gasteiger partial charge in [-0.05, 0) is 45.4 Å². The van der Waals surface area contributed by atoms with Gasteiger partial charge in [-0.25, -0.2) is 9.79 Å². The van der Waals surface area contributed by atoms with E-state index in [1.807, 2.05) is 25.8 Å². The van der Waals surface area contributed by atoms with Gasteiger partial charge in [0, 0.05) is 25.1 Å². The van der Waals surface area contributed by atoms with Gasteiger partial charge in [0.25, 0.3) is 0 Å². The van der Waals surface area contributed by atoms with Gasteiger partial charge < -0.3 is 14.4 Å². The number of carbonyl (C=O) groups excluding carboxylic acids is 1. The number of aryl methyl sites for hydroxylation is 2. The number of nitrogens with zero attached hydrogens (tertiary/aromatic N) is 3. The predicted octanol–water partition coefficient (Wildman–Crippen LogP) is 4.99. The van der Waals surface area contributed by atoms with Gasteiger partial charge >= 0.3 is 5.97 Å². The van der Waals surface area contributed by atoms with Gasteiger partial charge in [0.2, 0.25) is 5.06 Å². The van der Waals surface area contributed by atoms with E-state index in [1.165, 1.54) is 0 Å². The van der Waals surface area contributed by atoms with Gasteiger partial charge in [-0.2, -0.15) is 4.37 Å². The first-order valence-corrected chi connectivity index (χ1v) is 9.38. The Morgan fingerprint density at radius 2 is 2.12 bits per heavy atom. The molecule has 0 radical (unpaired) electrons. The summed E-state index contributed by atoms with van der Waals surface area (Å²) in [4.78, 5) is 18.5. The Labute approximate surface area is 162 Å². The van der Waals surface area contributed by atoms with Gasteiger partial charge in [0.05, 0.1) is 29.3 Å². The molecule has 0 fully saturated rings. The first-order chi connectivity index (χ1) is 12.4. The molecule has 26 heavy (non-hydrogen) atoms. The lowest BCUT2D eigenvalue weighted by atomic mass is 10.2. The van der Waals surface area contributed by atoms with E-state index in [1.54, 1.807) is 32.3 Å². The molecule has 0 saturated heterocycles. The number of carbonyl (C=O) groups is 1. The van der Waals surface area contributed by atoms with Gasteiger partial charge in [-0.1, -0.05) is 11.6 Å². The van der Waals surface area contributed by atoms with Crippen molar-refractivity contribution < 1.29 is 14.3 Å². The number of aliphatic imine (C=N–C) groups is 1. The van der Waals surface area contributed by atoms with Crippen LogP contribution in [-0.2, 0) is 4.74 Å². The number of hydrogen-bond donors (Lipinski definition) is 0. The third kappa shape index (κ3) is 4.74. The van der Waals surface area contributed by atoms with E-state index in [0.29, 0.717) is 27.1 Å². The maximum atomic E-state index is 12.1. The molecule has 1 aromatic heterocycles. The fourth-order valence-corrected chi connectivity index (χ4v) is 3.01. The molecular weight excluding hydrogens is 374 g/mol. The highest BCUT2D eigenvalue weighted by molar-refractivity contribution is 7.08. The van der Waals surface area contributed by atoms with Crippen LogP contribution in [0.25, 0.3) is 0 Å². The fraction of sp³-hybridized carbons (Fsp3) is 0.389. The summed E-state index contributed by atoms with van der Waals surface area (Å²) < 4.78 is 15.1. The van der Waals surface area contributed by atoms with Crippen LogP contribution < -0.4 is 4.74 Å². The molecule has 0 saturated carbocycles. The van der Waals surface area contributed by atoms with Crippen molar-refractivity contribution in [2.75, 3.05) is 20.2 Å². The van der Waals surface area contributed by atoms with Crippen LogP contribution in [0.15, 0.2) is 17.1 Å². The van der Waals surface area contributed by atoms with Crippen LogP contribution in [0.2, 0.25) is 5.02 Å². The molecule has 0 unspecified atom stereocenters. The van der Waals surface area contributed by atoms with Crippen molar-refractivity contribution in [3.63, 3.8) is 0 Å². The molecule has 0 aliphatic carbocycles. The molecular formula is C18H22ClN3O3S. The van der Waals surface area contributed by atoms with Crippen molar-refractivity contribution in [3.8, 4) is 10.8 Å². The number of rotatable bonds is 7. The van der Waals surface area contributed by atoms with Crippen molar-refractivity contribution in [2.24, 2.45) is 4.99 Å². The Hall–Kier alpha value is -2.12. The summed E-state index contributed by atoms with van der Waals surface area (Å²) in [6.07, 6.45) is 1.75. The minimum atomic E-state index is -0.453. The van der Waals surface area contributed by atoms with Gasteiger partial charge in [0.15, 0.2) is 0 Å². The summed E-state index contributed by atoms with van der Waals surface area (Å²) in [6.45, 7) is 8.60. The number of benzene rings is 1. The number of esters is 1. The lowest BCUT2D eigenvalue weighted by Gasteiger charge is -2.11. The van der Waals surface area contributed by atoms with Crippen LogP contribution in [0.3, 0.4) is 0 Å². The maximum absolute atomic E-state index is 12.1. The summed E-state index contributed by atoms with van der Waals surface area (Å²) in [6, 6.07) is 3.54. The lowest BCUT2D eigenvalue weighted by molar-refractivity contribution is 0.0523. The second kappa shape index (κ2) is 9.00. The average Bonchev–Trinajstić information content (AvgIpc) is 2.96. The maximum Gasteiger partial charge on any atom is 0.344 e. The molecule has 0 N–H and O–H groups in total. The standard InChI is InChI=1S/C18H22ClN3O3S/c1-6-22(5)10-20-14-9-13(19)15(8-11(14)3)25-18-16(12(4)21-26-18)17(23)24-7-2/h8-10H,6-7H2,1-5H3/b20-10+. The molecule has 0 spiro atoms. The van der Waals surface area contributed by atoms with Crippen LogP contribution in [-0.4, -0.2) is 41.8 Å². The van der Waals surface area contributed by atoms with Gasteiger partial charge in [-0.15, -0.1) is 0 Å². The van der Waals surface area contributed by atoms with E-state index < -0.39 is 5.97 Å². The van der Waals surface area contributed by atoms with Crippen LogP contribution in [0.1, 0.15) is 35.5 Å². The average molecular weight is 396 g/mol. The summed E-state index contributed by atoms with van der Waals surface area (Å²) in [7, 11) is 1.95. The molecule has 0 amide bonds. The summed E-state index contributed by atoms with van der Waals surface area (Å²) in [5, 5.41) is 0.770. The topological polar surface area (TPSA) is 64.0 Å². The normalized spacial score (nSPS) is 11.0. The van der Waals surface area contributed by atoms with E-state index in [2.05, 4.69) is 9.37 Å². The van der Waals surface area contributed by atoms with E-state index in [9.17, 15) is 4.79 Å². The first-order valence-electron chi connectivity index (χ1n) is 8.23. The second-order valence-electron chi connectivity index (χ2n) is 5.64. The Bertz CT molecular complexity index is 820. The summed E-state index contributed by atoms with van der Waals surface area (Å²) in [5.74, 6) is -0.00780. The summed E-state index contributed by atoms with van der Waals surface area (Å²) >= 11 is 7.45. The Morgan fingerprint density at radius 3 is 2.77 bits per heavy atom. The highest BCUT2D eigenvalue weighted by Gasteiger charge is 2.22. The smallest absolute Gasteiger partial charge is 0.344 e. The molecule has 0 bridgehead atoms. The quantitative estimate of drug-likeness (QED) is 0.375. The summed E-state index contributed by atoms with van der Waals surface area (Å²) in [5.41, 5.74) is 2.56. The molecule has 8 heteroatoms. The zero-order chi connectivity index (χ0) is 19.3. The Kier molecular flexibility index (Phi) is 6.99. The molecule has 1 aromatic carbocycles. The number of ether oxygens (including phenoxy) is 2. The third-order valence-electron chi connectivity index (χ3n) is 3.66. The highest BCUT2D eigenvalue weighted by atomic mass is 35.5. The van der Waals surface area contributed by atoms with Crippen molar-refractivity contribution >= 4 is 41.1 Å². The molecule has 140 valence electrons. The molecule has 6 nitrogen and oxygen atoms in total. The Morgan fingerprint density at radius 1 is 1.38 bits per heavy atom. The molecule has 1 heterocycles. The SMILES string of the molecule is CCOC(=O)c1c(C)nsc1Oc1cc(C)c(/N=C/N(C)CC)cc1Cl.